The highest BCUT2D eigenvalue weighted by molar-refractivity contribution is 5.67. The van der Waals surface area contributed by atoms with Crippen LogP contribution in [0.2, 0.25) is 0 Å². The average Bonchev–Trinajstić information content (AvgIpc) is 2.21. The molecular weight excluding hydrogens is 244 g/mol. The minimum absolute atomic E-state index is 0.134. The zero-order valence-corrected chi connectivity index (χ0v) is 13.4. The molecule has 2 N–H and O–H groups in total. The van der Waals surface area contributed by atoms with Gasteiger partial charge in [0.15, 0.2) is 0 Å². The molecule has 0 spiro atoms. The van der Waals surface area contributed by atoms with Crippen molar-refractivity contribution >= 4 is 6.09 Å². The molecule has 5 heteroatoms. The topological polar surface area (TPSA) is 59.6 Å². The van der Waals surface area contributed by atoms with Gasteiger partial charge in [-0.1, -0.05) is 0 Å². The molecule has 19 heavy (non-hydrogen) atoms. The molecule has 114 valence electrons. The van der Waals surface area contributed by atoms with Gasteiger partial charge in [0.2, 0.25) is 0 Å². The number of carbonyl (C=O) groups is 1. The summed E-state index contributed by atoms with van der Waals surface area (Å²) in [6.07, 6.45) is 0.537. The smallest absolute Gasteiger partial charge is 0.407 e. The number of rotatable bonds is 7. The van der Waals surface area contributed by atoms with Crippen LogP contribution in [-0.2, 0) is 9.47 Å². The number of amides is 1. The predicted octanol–water partition coefficient (Wildman–Crippen LogP) is 2.30. The quantitative estimate of drug-likeness (QED) is 0.699. The van der Waals surface area contributed by atoms with Crippen molar-refractivity contribution in [2.45, 2.75) is 65.2 Å². The van der Waals surface area contributed by atoms with Gasteiger partial charge in [0, 0.05) is 26.2 Å². The van der Waals surface area contributed by atoms with Crippen LogP contribution < -0.4 is 10.6 Å². The molecule has 1 atom stereocenters. The first-order valence-electron chi connectivity index (χ1n) is 6.81. The van der Waals surface area contributed by atoms with Gasteiger partial charge in [-0.3, -0.25) is 0 Å². The summed E-state index contributed by atoms with van der Waals surface area (Å²) in [4.78, 5) is 11.4. The first-order valence-corrected chi connectivity index (χ1v) is 6.81. The number of carbonyl (C=O) groups excluding carboxylic acids is 1. The number of hydrogen-bond acceptors (Lipinski definition) is 4. The van der Waals surface area contributed by atoms with E-state index in [2.05, 4.69) is 31.4 Å². The van der Waals surface area contributed by atoms with Gasteiger partial charge >= 0.3 is 6.09 Å². The lowest BCUT2D eigenvalue weighted by Gasteiger charge is -2.27. The highest BCUT2D eigenvalue weighted by Gasteiger charge is 2.20. The van der Waals surface area contributed by atoms with E-state index in [1.54, 1.807) is 7.11 Å². The molecule has 0 aromatic heterocycles. The summed E-state index contributed by atoms with van der Waals surface area (Å²) < 4.78 is 10.5. The molecule has 0 radical (unpaired) electrons. The van der Waals surface area contributed by atoms with Gasteiger partial charge in [-0.05, 0) is 48.0 Å². The largest absolute Gasteiger partial charge is 0.444 e. The summed E-state index contributed by atoms with van der Waals surface area (Å²) in [6.45, 7) is 13.0. The molecule has 0 rings (SSSR count). The third kappa shape index (κ3) is 10.8. The van der Waals surface area contributed by atoms with Crippen molar-refractivity contribution in [3.05, 3.63) is 0 Å². The summed E-state index contributed by atoms with van der Waals surface area (Å²) in [6, 6.07) is 0.329. The maximum absolute atomic E-state index is 11.4. The van der Waals surface area contributed by atoms with Crippen molar-refractivity contribution in [2.24, 2.45) is 0 Å². The summed E-state index contributed by atoms with van der Waals surface area (Å²) in [5.41, 5.74) is -0.585. The van der Waals surface area contributed by atoms with Gasteiger partial charge in [0.05, 0.1) is 5.60 Å². The summed E-state index contributed by atoms with van der Waals surface area (Å²) >= 11 is 0. The Bertz CT molecular complexity index is 272. The molecule has 0 saturated carbocycles. The maximum Gasteiger partial charge on any atom is 0.407 e. The molecule has 1 unspecified atom stereocenters. The summed E-state index contributed by atoms with van der Waals surface area (Å²) in [5, 5.41) is 6.06. The monoisotopic (exact) mass is 274 g/mol. The van der Waals surface area contributed by atoms with Crippen LogP contribution in [0.1, 0.15) is 48.0 Å². The van der Waals surface area contributed by atoms with Gasteiger partial charge < -0.3 is 20.1 Å². The van der Waals surface area contributed by atoms with Crippen molar-refractivity contribution in [1.82, 2.24) is 10.6 Å². The highest BCUT2D eigenvalue weighted by atomic mass is 16.6. The van der Waals surface area contributed by atoms with Crippen LogP contribution >= 0.6 is 0 Å². The molecule has 0 aromatic carbocycles. The second-order valence-corrected chi connectivity index (χ2v) is 6.45. The van der Waals surface area contributed by atoms with Crippen LogP contribution in [0.25, 0.3) is 0 Å². The van der Waals surface area contributed by atoms with Crippen LogP contribution in [-0.4, -0.2) is 43.5 Å². The lowest BCUT2D eigenvalue weighted by Crippen LogP contribution is -2.41. The molecule has 0 aliphatic carbocycles. The Hall–Kier alpha value is -0.810. The molecule has 0 aliphatic heterocycles. The molecule has 5 nitrogen and oxygen atoms in total. The Kier molecular flexibility index (Phi) is 7.37. The van der Waals surface area contributed by atoms with Gasteiger partial charge in [-0.2, -0.15) is 0 Å². The fraction of sp³-hybridized carbons (Fsp3) is 0.929. The second-order valence-electron chi connectivity index (χ2n) is 6.45. The van der Waals surface area contributed by atoms with E-state index in [1.807, 2.05) is 20.8 Å². The Morgan fingerprint density at radius 1 is 1.16 bits per heavy atom. The van der Waals surface area contributed by atoms with Crippen molar-refractivity contribution in [2.75, 3.05) is 20.2 Å². The SMILES string of the molecule is COC(C)(C)CC(C)NCCNC(=O)OC(C)(C)C. The molecule has 0 heterocycles. The molecule has 0 fully saturated rings. The van der Waals surface area contributed by atoms with E-state index in [4.69, 9.17) is 9.47 Å². The maximum atomic E-state index is 11.4. The molecule has 0 aromatic rings. The van der Waals surface area contributed by atoms with Crippen LogP contribution in [0.15, 0.2) is 0 Å². The summed E-state index contributed by atoms with van der Waals surface area (Å²) in [7, 11) is 1.72. The Morgan fingerprint density at radius 2 is 1.74 bits per heavy atom. The fourth-order valence-electron chi connectivity index (χ4n) is 1.69. The van der Waals surface area contributed by atoms with E-state index in [-0.39, 0.29) is 11.7 Å². The van der Waals surface area contributed by atoms with Crippen LogP contribution in [0, 0.1) is 0 Å². The van der Waals surface area contributed by atoms with Gasteiger partial charge in [-0.25, -0.2) is 4.79 Å². The zero-order valence-electron chi connectivity index (χ0n) is 13.4. The standard InChI is InChI=1S/C14H30N2O3/c1-11(10-14(5,6)18-7)15-8-9-16-12(17)19-13(2,3)4/h11,15H,8-10H2,1-7H3,(H,16,17). The lowest BCUT2D eigenvalue weighted by atomic mass is 10.00. The summed E-state index contributed by atoms with van der Waals surface area (Å²) in [5.74, 6) is 0. The van der Waals surface area contributed by atoms with E-state index in [1.165, 1.54) is 0 Å². The second kappa shape index (κ2) is 7.70. The molecule has 0 saturated heterocycles. The number of alkyl carbamates (subject to hydrolysis) is 1. The van der Waals surface area contributed by atoms with Crippen molar-refractivity contribution < 1.29 is 14.3 Å². The first-order chi connectivity index (χ1) is 8.56. The third-order valence-electron chi connectivity index (χ3n) is 2.64. The first kappa shape index (κ1) is 18.2. The van der Waals surface area contributed by atoms with E-state index in [0.717, 1.165) is 6.42 Å². The predicted molar refractivity (Wildman–Crippen MR) is 77.4 cm³/mol. The zero-order chi connectivity index (χ0) is 15.1. The number of nitrogens with one attached hydrogen (secondary N) is 2. The minimum atomic E-state index is -0.451. The van der Waals surface area contributed by atoms with Gasteiger partial charge in [-0.15, -0.1) is 0 Å². The lowest BCUT2D eigenvalue weighted by molar-refractivity contribution is 0.00855. The Morgan fingerprint density at radius 3 is 2.21 bits per heavy atom. The number of ether oxygens (including phenoxy) is 2. The third-order valence-corrected chi connectivity index (χ3v) is 2.64. The van der Waals surface area contributed by atoms with E-state index in [0.29, 0.717) is 19.1 Å². The molecule has 1 amide bonds. The number of hydrogen-bond donors (Lipinski definition) is 2. The Balaban J connectivity index is 3.72. The van der Waals surface area contributed by atoms with Crippen molar-refractivity contribution in [1.29, 1.82) is 0 Å². The van der Waals surface area contributed by atoms with Crippen LogP contribution in [0.4, 0.5) is 4.79 Å². The van der Waals surface area contributed by atoms with E-state index in [9.17, 15) is 4.79 Å². The van der Waals surface area contributed by atoms with Gasteiger partial charge in [0.25, 0.3) is 0 Å². The molecular formula is C14H30N2O3. The highest BCUT2D eigenvalue weighted by Crippen LogP contribution is 2.14. The molecule has 0 aliphatic rings. The van der Waals surface area contributed by atoms with Crippen molar-refractivity contribution in [3.8, 4) is 0 Å². The van der Waals surface area contributed by atoms with E-state index >= 15 is 0 Å². The van der Waals surface area contributed by atoms with Crippen molar-refractivity contribution in [3.63, 3.8) is 0 Å². The van der Waals surface area contributed by atoms with Crippen LogP contribution in [0.5, 0.6) is 0 Å². The van der Waals surface area contributed by atoms with E-state index < -0.39 is 5.60 Å². The average molecular weight is 274 g/mol. The normalized spacial score (nSPS) is 14.1. The molecule has 0 bridgehead atoms. The van der Waals surface area contributed by atoms with Crippen LogP contribution in [0.3, 0.4) is 0 Å². The number of methoxy groups -OCH3 is 1. The Labute approximate surface area is 117 Å². The van der Waals surface area contributed by atoms with Gasteiger partial charge in [0.1, 0.15) is 5.60 Å². The minimum Gasteiger partial charge on any atom is -0.444 e. The fourth-order valence-corrected chi connectivity index (χ4v) is 1.69.